The molecule has 7 nitrogen and oxygen atoms in total. The summed E-state index contributed by atoms with van der Waals surface area (Å²) in [5.74, 6) is -1.21. The molecule has 1 fully saturated rings. The number of amides is 1. The first-order valence-electron chi connectivity index (χ1n) is 10.2. The van der Waals surface area contributed by atoms with E-state index in [1.54, 1.807) is 42.5 Å². The van der Waals surface area contributed by atoms with Crippen molar-refractivity contribution < 1.29 is 22.8 Å². The summed E-state index contributed by atoms with van der Waals surface area (Å²) in [5, 5.41) is 2.71. The summed E-state index contributed by atoms with van der Waals surface area (Å²) < 4.78 is 27.7. The smallest absolute Gasteiger partial charge is 0.253 e. The Labute approximate surface area is 199 Å². The molecule has 1 aliphatic carbocycles. The number of thiophene rings is 1. The molecule has 3 aromatic rings. The van der Waals surface area contributed by atoms with Crippen molar-refractivity contribution in [1.29, 1.82) is 0 Å². The lowest BCUT2D eigenvalue weighted by atomic mass is 9.83. The van der Waals surface area contributed by atoms with E-state index in [9.17, 15) is 22.8 Å². The van der Waals surface area contributed by atoms with Gasteiger partial charge >= 0.3 is 0 Å². The Balaban J connectivity index is 1.47. The van der Waals surface area contributed by atoms with Crippen LogP contribution in [0.2, 0.25) is 4.34 Å². The monoisotopic (exact) mass is 500 g/mol. The fourth-order valence-electron chi connectivity index (χ4n) is 4.31. The van der Waals surface area contributed by atoms with Crippen LogP contribution in [0.15, 0.2) is 58.8 Å². The lowest BCUT2D eigenvalue weighted by Crippen LogP contribution is -2.43. The molecule has 0 radical (unpaired) electrons. The molecule has 1 aliphatic heterocycles. The number of fused-ring (bicyclic) bond motifs is 2. The van der Waals surface area contributed by atoms with Crippen LogP contribution in [0.1, 0.15) is 44.7 Å². The standard InChI is InChI=1S/C23H17ClN2O5S2/c24-18-10-11-19(32-18)33(30,31)26-12-4-9-17(26)23(29)25-16-8-3-7-15-20(16)22(28)14-6-2-1-5-13(14)21(15)27/h1-3,5-8,10-11,17H,4,9,12H2,(H,25,29). The summed E-state index contributed by atoms with van der Waals surface area (Å²) in [6, 6.07) is 13.2. The number of carbonyl (C=O) groups is 3. The van der Waals surface area contributed by atoms with Crippen LogP contribution in [0.3, 0.4) is 0 Å². The molecule has 1 aromatic heterocycles. The maximum Gasteiger partial charge on any atom is 0.253 e. The van der Waals surface area contributed by atoms with Crippen LogP contribution in [0.25, 0.3) is 0 Å². The molecule has 10 heteroatoms. The van der Waals surface area contributed by atoms with Gasteiger partial charge in [-0.2, -0.15) is 4.31 Å². The van der Waals surface area contributed by atoms with Crippen LogP contribution >= 0.6 is 22.9 Å². The van der Waals surface area contributed by atoms with E-state index in [1.807, 2.05) is 0 Å². The van der Waals surface area contributed by atoms with Crippen molar-refractivity contribution in [1.82, 2.24) is 4.31 Å². The van der Waals surface area contributed by atoms with E-state index in [0.29, 0.717) is 22.7 Å². The Hall–Kier alpha value is -2.85. The van der Waals surface area contributed by atoms with Gasteiger partial charge in [-0.15, -0.1) is 11.3 Å². The van der Waals surface area contributed by atoms with Gasteiger partial charge in [-0.05, 0) is 31.0 Å². The van der Waals surface area contributed by atoms with E-state index in [0.717, 1.165) is 11.3 Å². The number of hydrogen-bond donors (Lipinski definition) is 1. The summed E-state index contributed by atoms with van der Waals surface area (Å²) in [5.41, 5.74) is 1.11. The number of hydrogen-bond acceptors (Lipinski definition) is 6. The number of halogens is 1. The van der Waals surface area contributed by atoms with Crippen molar-refractivity contribution in [3.63, 3.8) is 0 Å². The number of ketones is 2. The molecule has 33 heavy (non-hydrogen) atoms. The zero-order chi connectivity index (χ0) is 23.3. The van der Waals surface area contributed by atoms with Gasteiger partial charge in [0.25, 0.3) is 10.0 Å². The highest BCUT2D eigenvalue weighted by molar-refractivity contribution is 7.91. The first kappa shape index (κ1) is 22.0. The highest BCUT2D eigenvalue weighted by Crippen LogP contribution is 2.34. The number of benzene rings is 2. The van der Waals surface area contributed by atoms with Gasteiger partial charge in [-0.1, -0.05) is 48.0 Å². The molecule has 1 unspecified atom stereocenters. The molecular weight excluding hydrogens is 484 g/mol. The normalized spacial score (nSPS) is 18.2. The predicted molar refractivity (Wildman–Crippen MR) is 125 cm³/mol. The second kappa shape index (κ2) is 8.18. The van der Waals surface area contributed by atoms with Crippen molar-refractivity contribution in [2.24, 2.45) is 0 Å². The van der Waals surface area contributed by atoms with Crippen LogP contribution in [-0.2, 0) is 14.8 Å². The third kappa shape index (κ3) is 3.61. The van der Waals surface area contributed by atoms with Gasteiger partial charge in [-0.25, -0.2) is 8.42 Å². The van der Waals surface area contributed by atoms with Crippen molar-refractivity contribution in [3.8, 4) is 0 Å². The van der Waals surface area contributed by atoms with Crippen LogP contribution in [0.4, 0.5) is 5.69 Å². The molecule has 1 amide bonds. The lowest BCUT2D eigenvalue weighted by Gasteiger charge is -2.24. The van der Waals surface area contributed by atoms with Gasteiger partial charge in [0.15, 0.2) is 11.6 Å². The Morgan fingerprint density at radius 3 is 2.36 bits per heavy atom. The highest BCUT2D eigenvalue weighted by atomic mass is 35.5. The molecule has 0 saturated carbocycles. The molecule has 2 aromatic carbocycles. The van der Waals surface area contributed by atoms with Crippen molar-refractivity contribution in [3.05, 3.63) is 81.2 Å². The van der Waals surface area contributed by atoms with E-state index in [1.165, 1.54) is 16.4 Å². The largest absolute Gasteiger partial charge is 0.324 e. The lowest BCUT2D eigenvalue weighted by molar-refractivity contribution is -0.119. The second-order valence-electron chi connectivity index (χ2n) is 7.75. The molecule has 5 rings (SSSR count). The van der Waals surface area contributed by atoms with Gasteiger partial charge in [0.2, 0.25) is 5.91 Å². The van der Waals surface area contributed by atoms with E-state index in [-0.39, 0.29) is 44.7 Å². The molecule has 168 valence electrons. The van der Waals surface area contributed by atoms with Gasteiger partial charge < -0.3 is 5.32 Å². The summed E-state index contributed by atoms with van der Waals surface area (Å²) >= 11 is 6.84. The third-order valence-electron chi connectivity index (χ3n) is 5.83. The summed E-state index contributed by atoms with van der Waals surface area (Å²) in [6.45, 7) is 0.202. The number of nitrogens with zero attached hydrogens (tertiary/aromatic N) is 1. The molecule has 2 aliphatic rings. The molecule has 0 bridgehead atoms. The summed E-state index contributed by atoms with van der Waals surface area (Å²) in [7, 11) is -3.90. The maximum absolute atomic E-state index is 13.2. The third-order valence-corrected chi connectivity index (χ3v) is 9.43. The van der Waals surface area contributed by atoms with Crippen LogP contribution in [-0.4, -0.2) is 42.8 Å². The van der Waals surface area contributed by atoms with Crippen molar-refractivity contribution >= 4 is 56.1 Å². The predicted octanol–water partition coefficient (Wildman–Crippen LogP) is 3.97. The number of rotatable bonds is 4. The molecule has 1 saturated heterocycles. The average Bonchev–Trinajstić information content (AvgIpc) is 3.47. The quantitative estimate of drug-likeness (QED) is 0.457. The SMILES string of the molecule is O=C1c2ccccc2C(=O)c2c(NC(=O)C3CCCN3S(=O)(=O)c3ccc(Cl)s3)cccc21. The molecule has 0 spiro atoms. The zero-order valence-corrected chi connectivity index (χ0v) is 19.5. The van der Waals surface area contributed by atoms with E-state index in [2.05, 4.69) is 5.32 Å². The Morgan fingerprint density at radius 1 is 0.970 bits per heavy atom. The summed E-state index contributed by atoms with van der Waals surface area (Å²) in [4.78, 5) is 39.3. The fraction of sp³-hybridized carbons (Fsp3) is 0.174. The number of carbonyl (C=O) groups excluding carboxylic acids is 3. The van der Waals surface area contributed by atoms with Gasteiger partial charge in [0.1, 0.15) is 10.3 Å². The van der Waals surface area contributed by atoms with Gasteiger partial charge in [0, 0.05) is 23.2 Å². The maximum atomic E-state index is 13.2. The second-order valence-corrected chi connectivity index (χ2v) is 11.6. The highest BCUT2D eigenvalue weighted by Gasteiger charge is 2.41. The zero-order valence-electron chi connectivity index (χ0n) is 17.1. The first-order chi connectivity index (χ1) is 15.8. The molecular formula is C23H17ClN2O5S2. The minimum Gasteiger partial charge on any atom is -0.324 e. The molecule has 1 N–H and O–H groups in total. The van der Waals surface area contributed by atoms with E-state index in [4.69, 9.17) is 11.6 Å². The van der Waals surface area contributed by atoms with Crippen LogP contribution in [0, 0.1) is 0 Å². The van der Waals surface area contributed by atoms with Gasteiger partial charge in [-0.3, -0.25) is 14.4 Å². The molecule has 2 heterocycles. The fourth-order valence-corrected chi connectivity index (χ4v) is 7.58. The Kier molecular flexibility index (Phi) is 5.44. The summed E-state index contributed by atoms with van der Waals surface area (Å²) in [6.07, 6.45) is 0.864. The van der Waals surface area contributed by atoms with Gasteiger partial charge in [0.05, 0.1) is 15.6 Å². The number of sulfonamides is 1. The Bertz CT molecular complexity index is 1430. The van der Waals surface area contributed by atoms with E-state index < -0.39 is 22.0 Å². The van der Waals surface area contributed by atoms with Crippen molar-refractivity contribution in [2.45, 2.75) is 23.1 Å². The van der Waals surface area contributed by atoms with Crippen molar-refractivity contribution in [2.75, 3.05) is 11.9 Å². The molecule has 1 atom stereocenters. The van der Waals surface area contributed by atoms with Crippen LogP contribution < -0.4 is 5.32 Å². The van der Waals surface area contributed by atoms with E-state index >= 15 is 0 Å². The minimum absolute atomic E-state index is 0.0710. The minimum atomic E-state index is -3.90. The first-order valence-corrected chi connectivity index (χ1v) is 12.8. The topological polar surface area (TPSA) is 101 Å². The number of anilines is 1. The van der Waals surface area contributed by atoms with Crippen LogP contribution in [0.5, 0.6) is 0 Å². The Morgan fingerprint density at radius 2 is 1.67 bits per heavy atom. The average molecular weight is 501 g/mol. The number of nitrogens with one attached hydrogen (secondary N) is 1.